The van der Waals surface area contributed by atoms with E-state index in [1.54, 1.807) is 24.3 Å². The zero-order valence-electron chi connectivity index (χ0n) is 11.8. The number of hydrogen-bond donors (Lipinski definition) is 1. The van der Waals surface area contributed by atoms with Gasteiger partial charge in [0, 0.05) is 22.6 Å². The smallest absolute Gasteiger partial charge is 0.270 e. The first-order valence-electron chi connectivity index (χ1n) is 6.50. The van der Waals surface area contributed by atoms with Crippen LogP contribution in [0.1, 0.15) is 5.56 Å². The first kappa shape index (κ1) is 16.6. The summed E-state index contributed by atoms with van der Waals surface area (Å²) >= 11 is 1.06. The molecule has 0 saturated heterocycles. The van der Waals surface area contributed by atoms with E-state index in [-0.39, 0.29) is 17.3 Å². The third-order valence-electron chi connectivity index (χ3n) is 2.68. The third kappa shape index (κ3) is 5.19. The number of nitro benzene ring substituents is 1. The molecule has 8 heteroatoms. The number of halogens is 1. The number of benzene rings is 2. The lowest BCUT2D eigenvalue weighted by Gasteiger charge is -2.02. The second kappa shape index (κ2) is 8.04. The molecule has 1 amide bonds. The molecule has 0 atom stereocenters. The van der Waals surface area contributed by atoms with E-state index in [4.69, 9.17) is 0 Å². The topological polar surface area (TPSA) is 84.6 Å². The van der Waals surface area contributed by atoms with Gasteiger partial charge in [0.2, 0.25) is 5.91 Å². The Morgan fingerprint density at radius 3 is 2.83 bits per heavy atom. The van der Waals surface area contributed by atoms with Crippen LogP contribution in [0.3, 0.4) is 0 Å². The average molecular weight is 333 g/mol. The van der Waals surface area contributed by atoms with E-state index in [1.165, 1.54) is 30.5 Å². The molecule has 0 bridgehead atoms. The minimum absolute atomic E-state index is 0.00715. The molecule has 23 heavy (non-hydrogen) atoms. The summed E-state index contributed by atoms with van der Waals surface area (Å²) in [6.07, 6.45) is 1.30. The number of thioether (sulfide) groups is 1. The zero-order chi connectivity index (χ0) is 16.7. The molecule has 0 heterocycles. The molecule has 0 unspecified atom stereocenters. The van der Waals surface area contributed by atoms with Gasteiger partial charge < -0.3 is 0 Å². The van der Waals surface area contributed by atoms with Gasteiger partial charge in [-0.3, -0.25) is 14.9 Å². The van der Waals surface area contributed by atoms with Crippen molar-refractivity contribution >= 4 is 29.6 Å². The Balaban J connectivity index is 1.85. The van der Waals surface area contributed by atoms with Gasteiger partial charge in [-0.05, 0) is 12.1 Å². The van der Waals surface area contributed by atoms with Gasteiger partial charge in [-0.15, -0.1) is 11.8 Å². The third-order valence-corrected chi connectivity index (χ3v) is 3.73. The lowest BCUT2D eigenvalue weighted by molar-refractivity contribution is -0.384. The summed E-state index contributed by atoms with van der Waals surface area (Å²) in [5, 5.41) is 14.4. The van der Waals surface area contributed by atoms with Gasteiger partial charge in [0.25, 0.3) is 5.69 Å². The highest BCUT2D eigenvalue weighted by Gasteiger charge is 2.06. The number of rotatable bonds is 6. The Morgan fingerprint density at radius 1 is 1.30 bits per heavy atom. The summed E-state index contributed by atoms with van der Waals surface area (Å²) in [4.78, 5) is 22.1. The Labute approximate surface area is 135 Å². The van der Waals surface area contributed by atoms with Gasteiger partial charge in [0.05, 0.1) is 16.9 Å². The number of carbonyl (C=O) groups excluding carboxylic acids is 1. The van der Waals surface area contributed by atoms with E-state index in [0.717, 1.165) is 11.8 Å². The molecule has 1 N–H and O–H groups in total. The Hall–Kier alpha value is -2.74. The average Bonchev–Trinajstić information content (AvgIpc) is 2.54. The maximum Gasteiger partial charge on any atom is 0.270 e. The maximum atomic E-state index is 13.4. The second-order valence-electron chi connectivity index (χ2n) is 4.36. The fraction of sp³-hybridized carbons (Fsp3) is 0.0667. The van der Waals surface area contributed by atoms with Crippen molar-refractivity contribution in [1.29, 1.82) is 0 Å². The lowest BCUT2D eigenvalue weighted by atomic mass is 10.2. The fourth-order valence-electron chi connectivity index (χ4n) is 1.63. The number of non-ortho nitro benzene ring substituents is 1. The molecule has 6 nitrogen and oxygen atoms in total. The number of hydrazone groups is 1. The predicted octanol–water partition coefficient (Wildman–Crippen LogP) is 2.98. The molecule has 118 valence electrons. The van der Waals surface area contributed by atoms with Crippen LogP contribution in [0.2, 0.25) is 0 Å². The molecule has 2 aromatic carbocycles. The number of nitro groups is 1. The van der Waals surface area contributed by atoms with E-state index in [0.29, 0.717) is 10.5 Å². The van der Waals surface area contributed by atoms with Gasteiger partial charge in [-0.2, -0.15) is 5.10 Å². The van der Waals surface area contributed by atoms with Crippen LogP contribution in [0, 0.1) is 15.9 Å². The van der Waals surface area contributed by atoms with Crippen LogP contribution in [-0.4, -0.2) is 22.8 Å². The zero-order valence-corrected chi connectivity index (χ0v) is 12.6. The molecule has 2 aromatic rings. The summed E-state index contributed by atoms with van der Waals surface area (Å²) < 4.78 is 13.4. The molecular formula is C15H12FN3O3S. The molecule has 0 aromatic heterocycles. The van der Waals surface area contributed by atoms with Crippen LogP contribution < -0.4 is 5.43 Å². The second-order valence-corrected chi connectivity index (χ2v) is 5.38. The number of amides is 1. The normalized spacial score (nSPS) is 10.7. The quantitative estimate of drug-likeness (QED) is 0.381. The van der Waals surface area contributed by atoms with Crippen molar-refractivity contribution in [2.45, 2.75) is 4.90 Å². The van der Waals surface area contributed by atoms with Crippen molar-refractivity contribution in [2.75, 3.05) is 5.75 Å². The van der Waals surface area contributed by atoms with Crippen molar-refractivity contribution in [2.24, 2.45) is 5.10 Å². The molecule has 2 rings (SSSR count). The summed E-state index contributed by atoms with van der Waals surface area (Å²) in [5.41, 5.74) is 2.71. The molecule has 0 radical (unpaired) electrons. The summed E-state index contributed by atoms with van der Waals surface area (Å²) in [7, 11) is 0. The first-order valence-corrected chi connectivity index (χ1v) is 7.48. The highest BCUT2D eigenvalue weighted by molar-refractivity contribution is 8.00. The van der Waals surface area contributed by atoms with Crippen molar-refractivity contribution in [3.63, 3.8) is 0 Å². The Bertz CT molecular complexity index is 752. The highest BCUT2D eigenvalue weighted by Crippen LogP contribution is 2.20. The SMILES string of the molecule is O=C(CSc1ccccc1F)N/N=C/c1cccc([N+](=O)[O-])c1. The molecule has 0 spiro atoms. The minimum Gasteiger partial charge on any atom is -0.272 e. The number of carbonyl (C=O) groups is 1. The predicted molar refractivity (Wildman–Crippen MR) is 86.0 cm³/mol. The van der Waals surface area contributed by atoms with Crippen LogP contribution in [0.15, 0.2) is 58.5 Å². The van der Waals surface area contributed by atoms with Crippen LogP contribution in [0.4, 0.5) is 10.1 Å². The van der Waals surface area contributed by atoms with E-state index in [9.17, 15) is 19.3 Å². The summed E-state index contributed by atoms with van der Waals surface area (Å²) in [6.45, 7) is 0. The minimum atomic E-state index is -0.513. The van der Waals surface area contributed by atoms with Crippen LogP contribution in [0.25, 0.3) is 0 Å². The van der Waals surface area contributed by atoms with Gasteiger partial charge in [0.1, 0.15) is 5.82 Å². The van der Waals surface area contributed by atoms with E-state index >= 15 is 0 Å². The van der Waals surface area contributed by atoms with E-state index < -0.39 is 10.8 Å². The number of nitrogens with zero attached hydrogens (tertiary/aromatic N) is 2. The van der Waals surface area contributed by atoms with E-state index in [2.05, 4.69) is 10.5 Å². The monoisotopic (exact) mass is 333 g/mol. The standard InChI is InChI=1S/C15H12FN3O3S/c16-13-6-1-2-7-14(13)23-10-15(20)18-17-9-11-4-3-5-12(8-11)19(21)22/h1-9H,10H2,(H,18,20)/b17-9+. The van der Waals surface area contributed by atoms with Crippen LogP contribution in [-0.2, 0) is 4.79 Å². The van der Waals surface area contributed by atoms with Gasteiger partial charge in [-0.1, -0.05) is 24.3 Å². The Kier molecular flexibility index (Phi) is 5.81. The molecular weight excluding hydrogens is 321 g/mol. The van der Waals surface area contributed by atoms with Crippen molar-refractivity contribution < 1.29 is 14.1 Å². The first-order chi connectivity index (χ1) is 11.1. The maximum absolute atomic E-state index is 13.4. The van der Waals surface area contributed by atoms with Crippen LogP contribution >= 0.6 is 11.8 Å². The largest absolute Gasteiger partial charge is 0.272 e. The van der Waals surface area contributed by atoms with Crippen molar-refractivity contribution in [3.05, 3.63) is 70.0 Å². The fourth-order valence-corrected chi connectivity index (χ4v) is 2.37. The van der Waals surface area contributed by atoms with Gasteiger partial charge in [0.15, 0.2) is 0 Å². The lowest BCUT2D eigenvalue weighted by Crippen LogP contribution is -2.19. The van der Waals surface area contributed by atoms with Crippen LogP contribution in [0.5, 0.6) is 0 Å². The number of hydrogen-bond acceptors (Lipinski definition) is 5. The van der Waals surface area contributed by atoms with Crippen molar-refractivity contribution in [1.82, 2.24) is 5.43 Å². The highest BCUT2D eigenvalue weighted by atomic mass is 32.2. The van der Waals surface area contributed by atoms with Crippen molar-refractivity contribution in [3.8, 4) is 0 Å². The van der Waals surface area contributed by atoms with E-state index in [1.807, 2.05) is 0 Å². The molecule has 0 saturated carbocycles. The number of nitrogens with one attached hydrogen (secondary N) is 1. The Morgan fingerprint density at radius 2 is 2.09 bits per heavy atom. The summed E-state index contributed by atoms with van der Waals surface area (Å²) in [6, 6.07) is 12.0. The van der Waals surface area contributed by atoms with Gasteiger partial charge >= 0.3 is 0 Å². The van der Waals surface area contributed by atoms with Gasteiger partial charge in [-0.25, -0.2) is 9.82 Å². The summed E-state index contributed by atoms with van der Waals surface area (Å²) in [5.74, 6) is -0.780. The molecule has 0 aliphatic rings. The molecule has 0 aliphatic carbocycles. The molecule has 0 fully saturated rings. The molecule has 0 aliphatic heterocycles.